The molecule has 1 aromatic carbocycles. The lowest BCUT2D eigenvalue weighted by molar-refractivity contribution is -0.137. The Kier molecular flexibility index (Phi) is 4.12. The van der Waals surface area contributed by atoms with Crippen LogP contribution >= 0.6 is 0 Å². The van der Waals surface area contributed by atoms with Crippen LogP contribution < -0.4 is 10.6 Å². The van der Waals surface area contributed by atoms with E-state index in [9.17, 15) is 17.6 Å². The highest BCUT2D eigenvalue weighted by Gasteiger charge is 2.31. The van der Waals surface area contributed by atoms with E-state index in [-0.39, 0.29) is 12.4 Å². The van der Waals surface area contributed by atoms with E-state index in [4.69, 9.17) is 0 Å². The number of benzene rings is 1. The molecule has 0 amide bonds. The molecule has 0 aliphatic rings. The third kappa shape index (κ3) is 3.69. The molecule has 16 heavy (non-hydrogen) atoms. The summed E-state index contributed by atoms with van der Waals surface area (Å²) >= 11 is 0. The van der Waals surface area contributed by atoms with Crippen LogP contribution in [-0.2, 0) is 6.18 Å². The molecule has 2 N–H and O–H groups in total. The molecule has 0 fully saturated rings. The van der Waals surface area contributed by atoms with E-state index in [0.29, 0.717) is 12.6 Å². The average molecular weight is 236 g/mol. The van der Waals surface area contributed by atoms with Crippen LogP contribution in [0.1, 0.15) is 12.5 Å². The summed E-state index contributed by atoms with van der Waals surface area (Å²) < 4.78 is 49.9. The number of hydrogen-bond donors (Lipinski definition) is 2. The van der Waals surface area contributed by atoms with Crippen molar-refractivity contribution in [3.8, 4) is 0 Å². The number of rotatable bonds is 4. The maximum absolute atomic E-state index is 12.9. The topological polar surface area (TPSA) is 24.1 Å². The molecule has 0 saturated heterocycles. The third-order valence-corrected chi connectivity index (χ3v) is 1.89. The highest BCUT2D eigenvalue weighted by Crippen LogP contribution is 2.31. The molecular weight excluding hydrogens is 224 g/mol. The van der Waals surface area contributed by atoms with Crippen molar-refractivity contribution in [3.05, 3.63) is 29.6 Å². The highest BCUT2D eigenvalue weighted by atomic mass is 19.4. The first-order chi connectivity index (χ1) is 7.43. The number of anilines is 1. The van der Waals surface area contributed by atoms with Gasteiger partial charge in [-0.15, -0.1) is 0 Å². The second-order valence-electron chi connectivity index (χ2n) is 3.18. The fourth-order valence-electron chi connectivity index (χ4n) is 1.14. The van der Waals surface area contributed by atoms with E-state index in [0.717, 1.165) is 12.1 Å². The van der Waals surface area contributed by atoms with Crippen molar-refractivity contribution in [2.24, 2.45) is 0 Å². The number of alkyl halides is 3. The first kappa shape index (κ1) is 12.8. The largest absolute Gasteiger partial charge is 0.416 e. The summed E-state index contributed by atoms with van der Waals surface area (Å²) in [5.41, 5.74) is -0.889. The molecule has 2 nitrogen and oxygen atoms in total. The first-order valence-electron chi connectivity index (χ1n) is 4.76. The van der Waals surface area contributed by atoms with Crippen molar-refractivity contribution in [3.63, 3.8) is 0 Å². The second kappa shape index (κ2) is 5.16. The van der Waals surface area contributed by atoms with Gasteiger partial charge < -0.3 is 10.6 Å². The Labute approximate surface area is 90.7 Å². The van der Waals surface area contributed by atoms with E-state index < -0.39 is 17.6 Å². The van der Waals surface area contributed by atoms with Crippen LogP contribution in [0.5, 0.6) is 0 Å². The second-order valence-corrected chi connectivity index (χ2v) is 3.18. The molecule has 1 rings (SSSR count). The van der Waals surface area contributed by atoms with Crippen LogP contribution in [0, 0.1) is 5.82 Å². The quantitative estimate of drug-likeness (QED) is 0.477. The minimum atomic E-state index is -4.53. The molecule has 0 aromatic heterocycles. The van der Waals surface area contributed by atoms with Gasteiger partial charge in [-0.2, -0.15) is 13.2 Å². The Bertz CT molecular complexity index is 349. The number of halogens is 4. The maximum Gasteiger partial charge on any atom is 0.416 e. The van der Waals surface area contributed by atoms with Gasteiger partial charge >= 0.3 is 6.18 Å². The number of nitrogens with one attached hydrogen (secondary N) is 2. The molecule has 1 aromatic rings. The van der Waals surface area contributed by atoms with Crippen LogP contribution in [0.4, 0.5) is 23.2 Å². The first-order valence-corrected chi connectivity index (χ1v) is 4.76. The molecule has 0 aliphatic heterocycles. The van der Waals surface area contributed by atoms with E-state index in [2.05, 4.69) is 10.6 Å². The summed E-state index contributed by atoms with van der Waals surface area (Å²) in [6, 6.07) is 2.37. The van der Waals surface area contributed by atoms with E-state index >= 15 is 0 Å². The van der Waals surface area contributed by atoms with Crippen molar-refractivity contribution in [1.82, 2.24) is 5.32 Å². The van der Waals surface area contributed by atoms with Crippen molar-refractivity contribution in [1.29, 1.82) is 0 Å². The Balaban J connectivity index is 2.82. The summed E-state index contributed by atoms with van der Waals surface area (Å²) in [5.74, 6) is -0.908. The van der Waals surface area contributed by atoms with Crippen LogP contribution in [-0.4, -0.2) is 13.2 Å². The molecule has 0 bridgehead atoms. The molecule has 0 unspecified atom stereocenters. The van der Waals surface area contributed by atoms with Crippen molar-refractivity contribution in [2.75, 3.05) is 18.5 Å². The van der Waals surface area contributed by atoms with E-state index in [1.54, 1.807) is 0 Å². The summed E-state index contributed by atoms with van der Waals surface area (Å²) in [5, 5.41) is 5.51. The Hall–Kier alpha value is -1.30. The summed E-state index contributed by atoms with van der Waals surface area (Å²) in [6.07, 6.45) is -4.53. The molecule has 0 heterocycles. The smallest absolute Gasteiger partial charge is 0.372 e. The van der Waals surface area contributed by atoms with Gasteiger partial charge in [0.2, 0.25) is 0 Å². The van der Waals surface area contributed by atoms with Gasteiger partial charge in [0.1, 0.15) is 5.82 Å². The normalized spacial score (nSPS) is 11.6. The predicted molar refractivity (Wildman–Crippen MR) is 53.6 cm³/mol. The Morgan fingerprint density at radius 2 is 1.88 bits per heavy atom. The Morgan fingerprint density at radius 1 is 1.19 bits per heavy atom. The standard InChI is InChI=1S/C10H12F4N2/c1-2-15-6-16-9-4-7(10(12,13)14)3-8(11)5-9/h3-5,15-16H,2,6H2,1H3. The van der Waals surface area contributed by atoms with Crippen LogP contribution in [0.2, 0.25) is 0 Å². The lowest BCUT2D eigenvalue weighted by Gasteiger charge is -2.11. The van der Waals surface area contributed by atoms with Gasteiger partial charge in [-0.05, 0) is 24.7 Å². The maximum atomic E-state index is 12.9. The lowest BCUT2D eigenvalue weighted by atomic mass is 10.2. The Morgan fingerprint density at radius 3 is 2.44 bits per heavy atom. The van der Waals surface area contributed by atoms with Gasteiger partial charge in [0.15, 0.2) is 0 Å². The molecule has 0 saturated carbocycles. The van der Waals surface area contributed by atoms with Crippen LogP contribution in [0.15, 0.2) is 18.2 Å². The molecule has 0 spiro atoms. The molecule has 0 aliphatic carbocycles. The SMILES string of the molecule is CCNCNc1cc(F)cc(C(F)(F)F)c1. The highest BCUT2D eigenvalue weighted by molar-refractivity contribution is 5.46. The van der Waals surface area contributed by atoms with Crippen LogP contribution in [0.25, 0.3) is 0 Å². The lowest BCUT2D eigenvalue weighted by Crippen LogP contribution is -2.21. The zero-order valence-electron chi connectivity index (χ0n) is 8.66. The van der Waals surface area contributed by atoms with E-state index in [1.807, 2.05) is 6.92 Å². The summed E-state index contributed by atoms with van der Waals surface area (Å²) in [7, 11) is 0. The zero-order chi connectivity index (χ0) is 12.2. The van der Waals surface area contributed by atoms with Crippen molar-refractivity contribution in [2.45, 2.75) is 13.1 Å². The summed E-state index contributed by atoms with van der Waals surface area (Å²) in [4.78, 5) is 0. The average Bonchev–Trinajstić information content (AvgIpc) is 2.16. The minimum absolute atomic E-state index is 0.105. The van der Waals surface area contributed by atoms with Gasteiger partial charge in [-0.25, -0.2) is 4.39 Å². The van der Waals surface area contributed by atoms with Gasteiger partial charge in [0, 0.05) is 5.69 Å². The molecule has 0 atom stereocenters. The molecule has 6 heteroatoms. The zero-order valence-corrected chi connectivity index (χ0v) is 8.66. The fraction of sp³-hybridized carbons (Fsp3) is 0.400. The van der Waals surface area contributed by atoms with Crippen molar-refractivity contribution < 1.29 is 17.6 Å². The minimum Gasteiger partial charge on any atom is -0.372 e. The van der Waals surface area contributed by atoms with Gasteiger partial charge in [-0.1, -0.05) is 6.92 Å². The predicted octanol–water partition coefficient (Wildman–Crippen LogP) is 2.82. The van der Waals surface area contributed by atoms with Gasteiger partial charge in [0.25, 0.3) is 0 Å². The monoisotopic (exact) mass is 236 g/mol. The summed E-state index contributed by atoms with van der Waals surface area (Å²) in [6.45, 7) is 2.82. The molecule has 90 valence electrons. The van der Waals surface area contributed by atoms with Crippen molar-refractivity contribution >= 4 is 5.69 Å². The van der Waals surface area contributed by atoms with Crippen LogP contribution in [0.3, 0.4) is 0 Å². The van der Waals surface area contributed by atoms with Gasteiger partial charge in [0.05, 0.1) is 12.2 Å². The van der Waals surface area contributed by atoms with Gasteiger partial charge in [-0.3, -0.25) is 0 Å². The third-order valence-electron chi connectivity index (χ3n) is 1.89. The molecule has 0 radical (unpaired) electrons. The molecular formula is C10H12F4N2. The fourth-order valence-corrected chi connectivity index (χ4v) is 1.14. The van der Waals surface area contributed by atoms with E-state index in [1.165, 1.54) is 0 Å². The number of hydrogen-bond acceptors (Lipinski definition) is 2.